The molecule has 5 heteroatoms. The van der Waals surface area contributed by atoms with E-state index in [2.05, 4.69) is 49.2 Å². The van der Waals surface area contributed by atoms with Gasteiger partial charge in [0, 0.05) is 13.8 Å². The Kier molecular flexibility index (Phi) is 3.82. The van der Waals surface area contributed by atoms with Crippen molar-refractivity contribution in [2.45, 2.75) is 4.90 Å². The monoisotopic (exact) mass is 324 g/mol. The maximum atomic E-state index is 11.2. The minimum Gasteiger partial charge on any atom is -0.465 e. The molecular weight excluding hydrogens is 320 g/mol. The molecule has 13 heavy (non-hydrogen) atoms. The maximum Gasteiger partial charge on any atom is 0.339 e. The van der Waals surface area contributed by atoms with E-state index in [1.807, 2.05) is 0 Å². The Labute approximate surface area is 98.3 Å². The molecule has 2 nitrogen and oxygen atoms in total. The number of halogens is 2. The van der Waals surface area contributed by atoms with E-state index in [1.165, 1.54) is 7.11 Å². The van der Waals surface area contributed by atoms with E-state index < -0.39 is 0 Å². The maximum absolute atomic E-state index is 11.2. The van der Waals surface area contributed by atoms with E-state index in [0.717, 1.165) is 4.47 Å². The summed E-state index contributed by atoms with van der Waals surface area (Å²) in [5.74, 6) is -0.386. The largest absolute Gasteiger partial charge is 0.465 e. The second kappa shape index (κ2) is 4.48. The van der Waals surface area contributed by atoms with Crippen molar-refractivity contribution in [3.8, 4) is 0 Å². The molecule has 70 valence electrons. The van der Waals surface area contributed by atoms with Crippen LogP contribution in [0.4, 0.5) is 0 Å². The van der Waals surface area contributed by atoms with Crippen LogP contribution in [0.15, 0.2) is 26.0 Å². The fourth-order valence-electron chi connectivity index (χ4n) is 0.833. The third-order valence-corrected chi connectivity index (χ3v) is 3.39. The van der Waals surface area contributed by atoms with Gasteiger partial charge in [-0.15, -0.1) is 12.6 Å². The Bertz CT molecular complexity index is 352. The van der Waals surface area contributed by atoms with Crippen LogP contribution in [-0.2, 0) is 4.74 Å². The molecular formula is C8H6Br2O2S. The molecule has 0 unspecified atom stereocenters. The van der Waals surface area contributed by atoms with Crippen LogP contribution in [0.2, 0.25) is 0 Å². The van der Waals surface area contributed by atoms with Gasteiger partial charge in [0.25, 0.3) is 0 Å². The van der Waals surface area contributed by atoms with E-state index in [4.69, 9.17) is 0 Å². The van der Waals surface area contributed by atoms with Crippen molar-refractivity contribution in [3.05, 3.63) is 26.6 Å². The molecule has 0 fully saturated rings. The summed E-state index contributed by atoms with van der Waals surface area (Å²) in [6.45, 7) is 0. The standard InChI is InChI=1S/C8H6Br2O2S/c1-12-8(11)5-2-4(9)3-6(13)7(5)10/h2-3,13H,1H3. The smallest absolute Gasteiger partial charge is 0.339 e. The van der Waals surface area contributed by atoms with Crippen LogP contribution in [-0.4, -0.2) is 13.1 Å². The lowest BCUT2D eigenvalue weighted by Crippen LogP contribution is -2.02. The molecule has 0 aliphatic rings. The van der Waals surface area contributed by atoms with Gasteiger partial charge < -0.3 is 4.74 Å². The molecule has 0 aromatic heterocycles. The van der Waals surface area contributed by atoms with Gasteiger partial charge in [-0.2, -0.15) is 0 Å². The molecule has 0 saturated carbocycles. The highest BCUT2D eigenvalue weighted by Gasteiger charge is 2.13. The Balaban J connectivity index is 3.28. The molecule has 0 atom stereocenters. The zero-order chi connectivity index (χ0) is 10.0. The molecule has 0 heterocycles. The first-order valence-corrected chi connectivity index (χ1v) is 5.36. The van der Waals surface area contributed by atoms with Crippen molar-refractivity contribution >= 4 is 50.5 Å². The first-order valence-electron chi connectivity index (χ1n) is 3.32. The Morgan fingerprint density at radius 2 is 2.08 bits per heavy atom. The van der Waals surface area contributed by atoms with Crippen molar-refractivity contribution < 1.29 is 9.53 Å². The van der Waals surface area contributed by atoms with Crippen LogP contribution < -0.4 is 0 Å². The van der Waals surface area contributed by atoms with E-state index in [9.17, 15) is 4.79 Å². The highest BCUT2D eigenvalue weighted by atomic mass is 79.9. The predicted molar refractivity (Wildman–Crippen MR) is 60.4 cm³/mol. The molecule has 0 aliphatic heterocycles. The number of benzene rings is 1. The number of ether oxygens (including phenoxy) is 1. The van der Waals surface area contributed by atoms with Gasteiger partial charge in [-0.05, 0) is 28.1 Å². The summed E-state index contributed by atoms with van der Waals surface area (Å²) in [7, 11) is 1.34. The molecule has 1 rings (SSSR count). The van der Waals surface area contributed by atoms with Crippen LogP contribution in [0, 0.1) is 0 Å². The molecule has 0 aliphatic carbocycles. The van der Waals surface area contributed by atoms with Gasteiger partial charge >= 0.3 is 5.97 Å². The normalized spacial score (nSPS) is 9.85. The molecule has 0 bridgehead atoms. The number of rotatable bonds is 1. The van der Waals surface area contributed by atoms with E-state index in [-0.39, 0.29) is 5.97 Å². The molecule has 0 spiro atoms. The number of hydrogen-bond acceptors (Lipinski definition) is 3. The van der Waals surface area contributed by atoms with Gasteiger partial charge in [-0.25, -0.2) is 4.79 Å². The summed E-state index contributed by atoms with van der Waals surface area (Å²) in [6.07, 6.45) is 0. The van der Waals surface area contributed by atoms with E-state index in [0.29, 0.717) is 14.9 Å². The van der Waals surface area contributed by atoms with Crippen LogP contribution >= 0.6 is 44.5 Å². The van der Waals surface area contributed by atoms with Gasteiger partial charge in [0.1, 0.15) is 0 Å². The van der Waals surface area contributed by atoms with E-state index >= 15 is 0 Å². The lowest BCUT2D eigenvalue weighted by molar-refractivity contribution is 0.0599. The zero-order valence-corrected chi connectivity index (χ0v) is 10.7. The van der Waals surface area contributed by atoms with Gasteiger partial charge in [0.15, 0.2) is 0 Å². The summed E-state index contributed by atoms with van der Waals surface area (Å²) >= 11 is 10.7. The van der Waals surface area contributed by atoms with Crippen LogP contribution in [0.3, 0.4) is 0 Å². The van der Waals surface area contributed by atoms with Crippen molar-refractivity contribution in [2.75, 3.05) is 7.11 Å². The second-order valence-corrected chi connectivity index (χ2v) is 4.47. The zero-order valence-electron chi connectivity index (χ0n) is 6.67. The van der Waals surface area contributed by atoms with Gasteiger partial charge in [0.05, 0.1) is 12.7 Å². The van der Waals surface area contributed by atoms with Gasteiger partial charge in [0.2, 0.25) is 0 Å². The van der Waals surface area contributed by atoms with Crippen LogP contribution in [0.25, 0.3) is 0 Å². The molecule has 0 N–H and O–H groups in total. The summed E-state index contributed by atoms with van der Waals surface area (Å²) < 4.78 is 6.04. The average Bonchev–Trinajstić information content (AvgIpc) is 2.10. The SMILES string of the molecule is COC(=O)c1cc(Br)cc(S)c1Br. The third-order valence-electron chi connectivity index (χ3n) is 1.42. The van der Waals surface area contributed by atoms with Crippen LogP contribution in [0.5, 0.6) is 0 Å². The van der Waals surface area contributed by atoms with Crippen molar-refractivity contribution in [1.29, 1.82) is 0 Å². The third kappa shape index (κ3) is 2.48. The number of carbonyl (C=O) groups is 1. The number of thiol groups is 1. The fourth-order valence-corrected chi connectivity index (χ4v) is 2.12. The lowest BCUT2D eigenvalue weighted by atomic mass is 10.2. The van der Waals surface area contributed by atoms with Crippen molar-refractivity contribution in [2.24, 2.45) is 0 Å². The van der Waals surface area contributed by atoms with Crippen molar-refractivity contribution in [1.82, 2.24) is 0 Å². The Morgan fingerprint density at radius 3 is 2.62 bits per heavy atom. The topological polar surface area (TPSA) is 26.3 Å². The molecule has 1 aromatic rings. The van der Waals surface area contributed by atoms with Crippen LogP contribution in [0.1, 0.15) is 10.4 Å². The predicted octanol–water partition coefficient (Wildman–Crippen LogP) is 3.29. The summed E-state index contributed by atoms with van der Waals surface area (Å²) in [6, 6.07) is 3.47. The Morgan fingerprint density at radius 1 is 1.46 bits per heavy atom. The first-order chi connectivity index (χ1) is 6.06. The Hall–Kier alpha value is -0.000000000000000111. The highest BCUT2D eigenvalue weighted by Crippen LogP contribution is 2.29. The van der Waals surface area contributed by atoms with Gasteiger partial charge in [-0.1, -0.05) is 15.9 Å². The average molecular weight is 326 g/mol. The molecule has 0 amide bonds. The molecule has 1 aromatic carbocycles. The quantitative estimate of drug-likeness (QED) is 0.633. The molecule has 0 radical (unpaired) electrons. The number of esters is 1. The summed E-state index contributed by atoms with van der Waals surface area (Å²) in [5.41, 5.74) is 0.460. The number of methoxy groups -OCH3 is 1. The number of hydrogen-bond donors (Lipinski definition) is 1. The van der Waals surface area contributed by atoms with Gasteiger partial charge in [-0.3, -0.25) is 0 Å². The van der Waals surface area contributed by atoms with E-state index in [1.54, 1.807) is 12.1 Å². The highest BCUT2D eigenvalue weighted by molar-refractivity contribution is 9.11. The second-order valence-electron chi connectivity index (χ2n) is 2.28. The minimum absolute atomic E-state index is 0.386. The van der Waals surface area contributed by atoms with Crippen molar-refractivity contribution in [3.63, 3.8) is 0 Å². The summed E-state index contributed by atoms with van der Waals surface area (Å²) in [4.78, 5) is 11.9. The fraction of sp³-hybridized carbons (Fsp3) is 0.125. The minimum atomic E-state index is -0.386. The molecule has 0 saturated heterocycles. The first kappa shape index (κ1) is 11.1. The lowest BCUT2D eigenvalue weighted by Gasteiger charge is -2.05. The summed E-state index contributed by atoms with van der Waals surface area (Å²) in [5, 5.41) is 0. The number of carbonyl (C=O) groups excluding carboxylic acids is 1.